The maximum Gasteiger partial charge on any atom is 0.409 e. The lowest BCUT2D eigenvalue weighted by Crippen LogP contribution is -2.50. The van der Waals surface area contributed by atoms with E-state index in [0.717, 1.165) is 12.1 Å². The Morgan fingerprint density at radius 1 is 1.07 bits per heavy atom. The van der Waals surface area contributed by atoms with E-state index in [0.29, 0.717) is 51.0 Å². The summed E-state index contributed by atoms with van der Waals surface area (Å²) in [5, 5.41) is 3.21. The van der Waals surface area contributed by atoms with Crippen molar-refractivity contribution in [2.24, 2.45) is 0 Å². The summed E-state index contributed by atoms with van der Waals surface area (Å²) in [7, 11) is 0. The first-order valence-electron chi connectivity index (χ1n) is 9.91. The Labute approximate surface area is 170 Å². The number of anilines is 1. The number of aromatic nitrogens is 2. The molecule has 3 rings (SSSR count). The number of nitrogens with zero attached hydrogens (tertiary/aromatic N) is 4. The molecule has 1 aromatic carbocycles. The van der Waals surface area contributed by atoms with Crippen LogP contribution in [0.25, 0.3) is 0 Å². The van der Waals surface area contributed by atoms with E-state index in [4.69, 9.17) is 4.74 Å². The van der Waals surface area contributed by atoms with Gasteiger partial charge in [-0.15, -0.1) is 0 Å². The quantitative estimate of drug-likeness (QED) is 0.805. The number of hydrogen-bond donors (Lipinski definition) is 1. The lowest BCUT2D eigenvalue weighted by atomic mass is 10.1. The number of carbonyl (C=O) groups excluding carboxylic acids is 2. The van der Waals surface area contributed by atoms with Gasteiger partial charge in [0.15, 0.2) is 0 Å². The van der Waals surface area contributed by atoms with Crippen LogP contribution in [-0.2, 0) is 11.2 Å². The van der Waals surface area contributed by atoms with E-state index in [1.54, 1.807) is 22.8 Å². The fourth-order valence-corrected chi connectivity index (χ4v) is 3.19. The number of benzene rings is 1. The molecule has 0 aliphatic carbocycles. The van der Waals surface area contributed by atoms with Gasteiger partial charge in [-0.3, -0.25) is 4.79 Å². The zero-order valence-electron chi connectivity index (χ0n) is 16.9. The van der Waals surface area contributed by atoms with Crippen LogP contribution >= 0.6 is 0 Å². The third-order valence-corrected chi connectivity index (χ3v) is 4.71. The van der Waals surface area contributed by atoms with Crippen molar-refractivity contribution in [3.8, 4) is 0 Å². The van der Waals surface area contributed by atoms with Crippen LogP contribution in [0.3, 0.4) is 0 Å². The van der Waals surface area contributed by atoms with Gasteiger partial charge in [0.2, 0.25) is 5.95 Å². The Morgan fingerprint density at radius 2 is 1.76 bits per heavy atom. The fraction of sp³-hybridized carbons (Fsp3) is 0.429. The van der Waals surface area contributed by atoms with Crippen molar-refractivity contribution in [1.29, 1.82) is 0 Å². The molecule has 0 spiro atoms. The van der Waals surface area contributed by atoms with Crippen LogP contribution < -0.4 is 5.32 Å². The van der Waals surface area contributed by atoms with Crippen molar-refractivity contribution >= 4 is 17.9 Å². The van der Waals surface area contributed by atoms with Gasteiger partial charge in [-0.25, -0.2) is 14.8 Å². The van der Waals surface area contributed by atoms with Crippen molar-refractivity contribution in [1.82, 2.24) is 19.8 Å². The maximum absolute atomic E-state index is 12.9. The summed E-state index contributed by atoms with van der Waals surface area (Å²) < 4.78 is 5.02. The van der Waals surface area contributed by atoms with Crippen LogP contribution in [0, 0.1) is 6.92 Å². The van der Waals surface area contributed by atoms with Crippen LogP contribution in [0.1, 0.15) is 28.7 Å². The number of ether oxygens (including phenoxy) is 1. The smallest absolute Gasteiger partial charge is 0.409 e. The van der Waals surface area contributed by atoms with Crippen molar-refractivity contribution in [3.05, 3.63) is 53.3 Å². The second-order valence-electron chi connectivity index (χ2n) is 6.86. The van der Waals surface area contributed by atoms with E-state index in [1.807, 2.05) is 25.1 Å². The molecule has 1 N–H and O–H groups in total. The monoisotopic (exact) mass is 397 g/mol. The fourth-order valence-electron chi connectivity index (χ4n) is 3.19. The van der Waals surface area contributed by atoms with Crippen molar-refractivity contribution in [2.75, 3.05) is 44.6 Å². The zero-order chi connectivity index (χ0) is 20.6. The molecule has 1 aromatic heterocycles. The van der Waals surface area contributed by atoms with Crippen LogP contribution in [0.4, 0.5) is 10.7 Å². The van der Waals surface area contributed by atoms with Crippen molar-refractivity contribution < 1.29 is 14.3 Å². The molecule has 0 saturated carbocycles. The summed E-state index contributed by atoms with van der Waals surface area (Å²) in [6.45, 7) is 6.47. The Morgan fingerprint density at radius 3 is 2.45 bits per heavy atom. The summed E-state index contributed by atoms with van der Waals surface area (Å²) in [6.07, 6.45) is 0.513. The number of carbonyl (C=O) groups is 2. The number of piperazine rings is 1. The predicted octanol–water partition coefficient (Wildman–Crippen LogP) is 2.35. The first kappa shape index (κ1) is 20.6. The number of aryl methyl sites for hydroxylation is 1. The predicted molar refractivity (Wildman–Crippen MR) is 110 cm³/mol. The van der Waals surface area contributed by atoms with E-state index in [2.05, 4.69) is 27.4 Å². The average molecular weight is 397 g/mol. The third kappa shape index (κ3) is 5.66. The number of amides is 2. The molecule has 8 nitrogen and oxygen atoms in total. The molecule has 0 bridgehead atoms. The maximum atomic E-state index is 12.9. The minimum Gasteiger partial charge on any atom is -0.450 e. The standard InChI is InChI=1S/C21H27N5O3/c1-3-29-21(28)26-13-11-25(12-14-26)19(27)18-15-16(2)23-20(24-18)22-10-9-17-7-5-4-6-8-17/h4-8,15H,3,9-14H2,1-2H3,(H,22,23,24). The highest BCUT2D eigenvalue weighted by Crippen LogP contribution is 2.11. The van der Waals surface area contributed by atoms with Gasteiger partial charge in [0.05, 0.1) is 6.61 Å². The second-order valence-corrected chi connectivity index (χ2v) is 6.86. The molecule has 0 radical (unpaired) electrons. The molecule has 2 heterocycles. The van der Waals surface area contributed by atoms with Gasteiger partial charge in [0.1, 0.15) is 5.69 Å². The summed E-state index contributed by atoms with van der Waals surface area (Å²) in [6, 6.07) is 11.9. The molecule has 1 saturated heterocycles. The molecule has 154 valence electrons. The lowest BCUT2D eigenvalue weighted by molar-refractivity contribution is 0.0566. The van der Waals surface area contributed by atoms with Crippen molar-refractivity contribution in [3.63, 3.8) is 0 Å². The van der Waals surface area contributed by atoms with Gasteiger partial charge in [-0.05, 0) is 31.9 Å². The van der Waals surface area contributed by atoms with Gasteiger partial charge < -0.3 is 19.9 Å². The first-order valence-corrected chi connectivity index (χ1v) is 9.91. The highest BCUT2D eigenvalue weighted by molar-refractivity contribution is 5.92. The van der Waals surface area contributed by atoms with Crippen LogP contribution in [0.2, 0.25) is 0 Å². The van der Waals surface area contributed by atoms with Crippen molar-refractivity contribution in [2.45, 2.75) is 20.3 Å². The largest absolute Gasteiger partial charge is 0.450 e. The molecular weight excluding hydrogens is 370 g/mol. The Balaban J connectivity index is 1.57. The Hall–Kier alpha value is -3.16. The van der Waals surface area contributed by atoms with E-state index in [-0.39, 0.29) is 12.0 Å². The van der Waals surface area contributed by atoms with Crippen LogP contribution in [0.5, 0.6) is 0 Å². The second kappa shape index (κ2) is 9.86. The Kier molecular flexibility index (Phi) is 6.99. The number of hydrogen-bond acceptors (Lipinski definition) is 6. The first-order chi connectivity index (χ1) is 14.1. The molecular formula is C21H27N5O3. The van der Waals surface area contributed by atoms with E-state index in [9.17, 15) is 9.59 Å². The van der Waals surface area contributed by atoms with Crippen LogP contribution in [0.15, 0.2) is 36.4 Å². The van der Waals surface area contributed by atoms with Gasteiger partial charge in [-0.1, -0.05) is 30.3 Å². The Bertz CT molecular complexity index is 835. The average Bonchev–Trinajstić information content (AvgIpc) is 2.74. The molecule has 0 atom stereocenters. The molecule has 1 aliphatic heterocycles. The SMILES string of the molecule is CCOC(=O)N1CCN(C(=O)c2cc(C)nc(NCCc3ccccc3)n2)CC1. The van der Waals surface area contributed by atoms with E-state index >= 15 is 0 Å². The topological polar surface area (TPSA) is 87.7 Å². The normalized spacial score (nSPS) is 13.9. The molecule has 2 amide bonds. The lowest BCUT2D eigenvalue weighted by Gasteiger charge is -2.33. The van der Waals surface area contributed by atoms with Crippen LogP contribution in [-0.4, -0.2) is 71.1 Å². The molecule has 1 aliphatic rings. The molecule has 29 heavy (non-hydrogen) atoms. The third-order valence-electron chi connectivity index (χ3n) is 4.71. The summed E-state index contributed by atoms with van der Waals surface area (Å²) in [5.41, 5.74) is 2.32. The number of nitrogens with one attached hydrogen (secondary N) is 1. The molecule has 2 aromatic rings. The number of rotatable bonds is 6. The zero-order valence-corrected chi connectivity index (χ0v) is 16.9. The van der Waals surface area contributed by atoms with Gasteiger partial charge in [0.25, 0.3) is 5.91 Å². The van der Waals surface area contributed by atoms with Gasteiger partial charge in [-0.2, -0.15) is 0 Å². The van der Waals surface area contributed by atoms with E-state index in [1.165, 1.54) is 5.56 Å². The molecule has 1 fully saturated rings. The van der Waals surface area contributed by atoms with Gasteiger partial charge >= 0.3 is 6.09 Å². The minimum absolute atomic E-state index is 0.148. The molecule has 8 heteroatoms. The highest BCUT2D eigenvalue weighted by Gasteiger charge is 2.26. The van der Waals surface area contributed by atoms with Gasteiger partial charge in [0, 0.05) is 38.4 Å². The molecule has 0 unspecified atom stereocenters. The minimum atomic E-state index is -0.331. The summed E-state index contributed by atoms with van der Waals surface area (Å²) in [5.74, 6) is 0.305. The highest BCUT2D eigenvalue weighted by atomic mass is 16.6. The van der Waals surface area contributed by atoms with E-state index < -0.39 is 0 Å². The summed E-state index contributed by atoms with van der Waals surface area (Å²) in [4.78, 5) is 36.8. The summed E-state index contributed by atoms with van der Waals surface area (Å²) >= 11 is 0.